The second-order valence-corrected chi connectivity index (χ2v) is 4.28. The molecule has 2 nitrogen and oxygen atoms in total. The monoisotopic (exact) mass is 208 g/mol. The predicted octanol–water partition coefficient (Wildman–Crippen LogP) is 3.18. The SMILES string of the molecule is COc1cc(C)c(C(C)O)cc1C(C)C. The quantitative estimate of drug-likeness (QED) is 0.826. The lowest BCUT2D eigenvalue weighted by Gasteiger charge is -2.17. The highest BCUT2D eigenvalue weighted by atomic mass is 16.5. The molecule has 15 heavy (non-hydrogen) atoms. The third kappa shape index (κ3) is 2.51. The van der Waals surface area contributed by atoms with Crippen molar-refractivity contribution in [1.29, 1.82) is 0 Å². The molecule has 0 amide bonds. The molecule has 0 saturated carbocycles. The molecule has 0 radical (unpaired) electrons. The van der Waals surface area contributed by atoms with Crippen molar-refractivity contribution in [3.63, 3.8) is 0 Å². The fourth-order valence-corrected chi connectivity index (χ4v) is 1.79. The molecule has 0 saturated heterocycles. The first kappa shape index (κ1) is 12.1. The highest BCUT2D eigenvalue weighted by Gasteiger charge is 2.13. The van der Waals surface area contributed by atoms with Gasteiger partial charge in [0.2, 0.25) is 0 Å². The van der Waals surface area contributed by atoms with E-state index < -0.39 is 6.10 Å². The van der Waals surface area contributed by atoms with Gasteiger partial charge in [0, 0.05) is 0 Å². The van der Waals surface area contributed by atoms with Gasteiger partial charge in [-0.25, -0.2) is 0 Å². The van der Waals surface area contributed by atoms with Crippen molar-refractivity contribution in [2.24, 2.45) is 0 Å². The van der Waals surface area contributed by atoms with Crippen LogP contribution in [0.4, 0.5) is 0 Å². The molecular weight excluding hydrogens is 188 g/mol. The molecule has 2 heteroatoms. The third-order valence-corrected chi connectivity index (χ3v) is 2.69. The van der Waals surface area contributed by atoms with Gasteiger partial charge < -0.3 is 9.84 Å². The zero-order chi connectivity index (χ0) is 11.6. The fraction of sp³-hybridized carbons (Fsp3) is 0.538. The molecule has 0 spiro atoms. The summed E-state index contributed by atoms with van der Waals surface area (Å²) in [6.07, 6.45) is -0.423. The smallest absolute Gasteiger partial charge is 0.122 e. The fourth-order valence-electron chi connectivity index (χ4n) is 1.79. The Bertz CT molecular complexity index is 341. The summed E-state index contributed by atoms with van der Waals surface area (Å²) in [5.41, 5.74) is 3.21. The number of aliphatic hydroxyl groups excluding tert-OH is 1. The van der Waals surface area contributed by atoms with Crippen LogP contribution in [0.2, 0.25) is 0 Å². The van der Waals surface area contributed by atoms with Gasteiger partial charge in [-0.2, -0.15) is 0 Å². The molecule has 0 bridgehead atoms. The molecule has 0 aliphatic carbocycles. The summed E-state index contributed by atoms with van der Waals surface area (Å²) in [5, 5.41) is 9.63. The zero-order valence-electron chi connectivity index (χ0n) is 10.2. The van der Waals surface area contributed by atoms with Crippen molar-refractivity contribution in [3.8, 4) is 5.75 Å². The summed E-state index contributed by atoms with van der Waals surface area (Å²) in [5.74, 6) is 1.31. The van der Waals surface area contributed by atoms with Gasteiger partial charge in [0.1, 0.15) is 5.75 Å². The Balaban J connectivity index is 3.30. The average molecular weight is 208 g/mol. The molecule has 0 heterocycles. The van der Waals surface area contributed by atoms with E-state index >= 15 is 0 Å². The van der Waals surface area contributed by atoms with Crippen LogP contribution in [-0.4, -0.2) is 12.2 Å². The predicted molar refractivity (Wildman–Crippen MR) is 62.5 cm³/mol. The van der Waals surface area contributed by atoms with Gasteiger partial charge in [-0.3, -0.25) is 0 Å². The Labute approximate surface area is 91.9 Å². The molecule has 84 valence electrons. The van der Waals surface area contributed by atoms with E-state index in [9.17, 15) is 5.11 Å². The van der Waals surface area contributed by atoms with Crippen molar-refractivity contribution in [1.82, 2.24) is 0 Å². The molecule has 0 aliphatic rings. The second kappa shape index (κ2) is 4.67. The molecule has 1 unspecified atom stereocenters. The van der Waals surface area contributed by atoms with Crippen molar-refractivity contribution >= 4 is 0 Å². The van der Waals surface area contributed by atoms with Gasteiger partial charge in [-0.1, -0.05) is 13.8 Å². The number of methoxy groups -OCH3 is 1. The lowest BCUT2D eigenvalue weighted by Crippen LogP contribution is -2.01. The average Bonchev–Trinajstić information content (AvgIpc) is 2.16. The van der Waals surface area contributed by atoms with Crippen LogP contribution in [0.15, 0.2) is 12.1 Å². The minimum absolute atomic E-state index is 0.401. The van der Waals surface area contributed by atoms with Crippen LogP contribution in [0.3, 0.4) is 0 Å². The van der Waals surface area contributed by atoms with Crippen molar-refractivity contribution in [3.05, 3.63) is 28.8 Å². The maximum absolute atomic E-state index is 9.63. The van der Waals surface area contributed by atoms with E-state index in [1.165, 1.54) is 0 Å². The molecule has 1 N–H and O–H groups in total. The zero-order valence-corrected chi connectivity index (χ0v) is 10.2. The van der Waals surface area contributed by atoms with E-state index in [4.69, 9.17) is 4.74 Å². The Morgan fingerprint density at radius 2 is 1.73 bits per heavy atom. The molecular formula is C13H20O2. The van der Waals surface area contributed by atoms with E-state index in [1.807, 2.05) is 19.1 Å². The third-order valence-electron chi connectivity index (χ3n) is 2.69. The standard InChI is InChI=1S/C13H20O2/c1-8(2)11-7-12(10(4)14)9(3)6-13(11)15-5/h6-8,10,14H,1-5H3. The molecule has 1 aromatic rings. The maximum atomic E-state index is 9.63. The Morgan fingerprint density at radius 3 is 2.13 bits per heavy atom. The molecule has 0 aromatic heterocycles. The van der Waals surface area contributed by atoms with Crippen LogP contribution >= 0.6 is 0 Å². The summed E-state index contributed by atoms with van der Waals surface area (Å²) >= 11 is 0. The maximum Gasteiger partial charge on any atom is 0.122 e. The second-order valence-electron chi connectivity index (χ2n) is 4.28. The van der Waals surface area contributed by atoms with Crippen LogP contribution in [-0.2, 0) is 0 Å². The van der Waals surface area contributed by atoms with Gasteiger partial charge in [0.25, 0.3) is 0 Å². The number of hydrogen-bond acceptors (Lipinski definition) is 2. The summed E-state index contributed by atoms with van der Waals surface area (Å²) in [6.45, 7) is 8.03. The molecule has 1 atom stereocenters. The summed E-state index contributed by atoms with van der Waals surface area (Å²) in [6, 6.07) is 4.04. The first-order valence-corrected chi connectivity index (χ1v) is 5.33. The van der Waals surface area contributed by atoms with E-state index in [-0.39, 0.29) is 0 Å². The van der Waals surface area contributed by atoms with Gasteiger partial charge in [0.15, 0.2) is 0 Å². The molecule has 0 fully saturated rings. The van der Waals surface area contributed by atoms with E-state index in [2.05, 4.69) is 13.8 Å². The van der Waals surface area contributed by atoms with Crippen LogP contribution in [0.5, 0.6) is 5.75 Å². The summed E-state index contributed by atoms with van der Waals surface area (Å²) < 4.78 is 5.34. The van der Waals surface area contributed by atoms with Crippen LogP contribution in [0.25, 0.3) is 0 Å². The minimum Gasteiger partial charge on any atom is -0.496 e. The lowest BCUT2D eigenvalue weighted by molar-refractivity contribution is 0.198. The minimum atomic E-state index is -0.423. The topological polar surface area (TPSA) is 29.5 Å². The number of hydrogen-bond donors (Lipinski definition) is 1. The van der Waals surface area contributed by atoms with Crippen LogP contribution < -0.4 is 4.74 Å². The summed E-state index contributed by atoms with van der Waals surface area (Å²) in [4.78, 5) is 0. The van der Waals surface area contributed by atoms with Gasteiger partial charge >= 0.3 is 0 Å². The first-order valence-electron chi connectivity index (χ1n) is 5.33. The van der Waals surface area contributed by atoms with E-state index in [0.29, 0.717) is 5.92 Å². The highest BCUT2D eigenvalue weighted by molar-refractivity contribution is 5.44. The summed E-state index contributed by atoms with van der Waals surface area (Å²) in [7, 11) is 1.68. The van der Waals surface area contributed by atoms with Gasteiger partial charge in [-0.05, 0) is 48.6 Å². The van der Waals surface area contributed by atoms with Gasteiger partial charge in [0.05, 0.1) is 13.2 Å². The van der Waals surface area contributed by atoms with Crippen LogP contribution in [0.1, 0.15) is 49.5 Å². The number of rotatable bonds is 3. The van der Waals surface area contributed by atoms with Crippen molar-refractivity contribution in [2.75, 3.05) is 7.11 Å². The Morgan fingerprint density at radius 1 is 1.13 bits per heavy atom. The molecule has 1 aromatic carbocycles. The highest BCUT2D eigenvalue weighted by Crippen LogP contribution is 2.31. The lowest BCUT2D eigenvalue weighted by atomic mass is 9.94. The van der Waals surface area contributed by atoms with Crippen molar-refractivity contribution < 1.29 is 9.84 Å². The largest absolute Gasteiger partial charge is 0.496 e. The number of aryl methyl sites for hydroxylation is 1. The van der Waals surface area contributed by atoms with Crippen LogP contribution in [0, 0.1) is 6.92 Å². The molecule has 1 rings (SSSR count). The van der Waals surface area contributed by atoms with E-state index in [0.717, 1.165) is 22.4 Å². The van der Waals surface area contributed by atoms with Gasteiger partial charge in [-0.15, -0.1) is 0 Å². The number of ether oxygens (including phenoxy) is 1. The van der Waals surface area contributed by atoms with E-state index in [1.54, 1.807) is 14.0 Å². The normalized spacial score (nSPS) is 13.0. The Hall–Kier alpha value is -1.02. The number of aliphatic hydroxyl groups is 1. The molecule has 0 aliphatic heterocycles. The first-order chi connectivity index (χ1) is 6.97. The Kier molecular flexibility index (Phi) is 3.75. The van der Waals surface area contributed by atoms with Crippen molar-refractivity contribution in [2.45, 2.75) is 39.7 Å². The number of benzene rings is 1.